The maximum Gasteiger partial charge on any atom is 0.325 e. The molecular weight excluding hydrogens is 377 g/mol. The third kappa shape index (κ3) is 8.87. The molecule has 158 valence electrons. The minimum atomic E-state index is -3.89. The van der Waals surface area contributed by atoms with Crippen molar-refractivity contribution in [2.75, 3.05) is 12.7 Å². The third-order valence-corrected chi connectivity index (χ3v) is 6.33. The molecule has 1 fully saturated rings. The second-order valence-electron chi connectivity index (χ2n) is 7.86. The van der Waals surface area contributed by atoms with Crippen LogP contribution in [0.5, 0.6) is 0 Å². The van der Waals surface area contributed by atoms with Crippen LogP contribution in [-0.4, -0.2) is 50.6 Å². The maximum atomic E-state index is 12.4. The Kier molecular flexibility index (Phi) is 9.66. The third-order valence-electron chi connectivity index (χ3n) is 5.43. The summed E-state index contributed by atoms with van der Waals surface area (Å²) < 4.78 is 10.9. The molecule has 7 heteroatoms. The number of rotatable bonds is 12. The molecule has 1 aromatic carbocycles. The number of hydrogen-bond donors (Lipinski definition) is 3. The van der Waals surface area contributed by atoms with Crippen LogP contribution in [0.1, 0.15) is 63.4 Å². The molecule has 1 unspecified atom stereocenters. The summed E-state index contributed by atoms with van der Waals surface area (Å²) in [6, 6.07) is 10.2. The summed E-state index contributed by atoms with van der Waals surface area (Å²) in [5.41, 5.74) is 1.13. The Morgan fingerprint density at radius 1 is 1.11 bits per heavy atom. The number of aliphatic hydroxyl groups is 1. The molecule has 1 heterocycles. The number of unbranched alkanes of at least 4 members (excludes halogenated alkanes) is 3. The molecule has 3 N–H and O–H groups in total. The fraction of sp³-hybridized carbons (Fsp3) is 0.667. The van der Waals surface area contributed by atoms with Crippen molar-refractivity contribution in [2.45, 2.75) is 76.4 Å². The zero-order valence-electron chi connectivity index (χ0n) is 16.6. The summed E-state index contributed by atoms with van der Waals surface area (Å²) in [5, 5.41) is 10.4. The van der Waals surface area contributed by atoms with Crippen LogP contribution in [0.3, 0.4) is 0 Å². The van der Waals surface area contributed by atoms with Gasteiger partial charge in [-0.2, -0.15) is 0 Å². The molecular formula is C21H34NO5P. The summed E-state index contributed by atoms with van der Waals surface area (Å²) in [5.74, 6) is 0.198. The highest BCUT2D eigenvalue weighted by Crippen LogP contribution is 2.35. The predicted octanol–water partition coefficient (Wildman–Crippen LogP) is 3.49. The molecule has 0 aliphatic carbocycles. The van der Waals surface area contributed by atoms with Crippen LogP contribution >= 0.6 is 7.60 Å². The zero-order chi connectivity index (χ0) is 20.4. The van der Waals surface area contributed by atoms with Gasteiger partial charge in [0.05, 0.1) is 6.10 Å². The van der Waals surface area contributed by atoms with Gasteiger partial charge in [0.1, 0.15) is 0 Å². The quantitative estimate of drug-likeness (QED) is 0.361. The van der Waals surface area contributed by atoms with Gasteiger partial charge in [-0.3, -0.25) is 9.36 Å². The Labute approximate surface area is 168 Å². The number of nitrogens with zero attached hydrogens (tertiary/aromatic N) is 1. The lowest BCUT2D eigenvalue weighted by Crippen LogP contribution is -2.44. The van der Waals surface area contributed by atoms with Crippen LogP contribution in [0.25, 0.3) is 0 Å². The number of hydrogen-bond acceptors (Lipinski definition) is 3. The number of carbonyl (C=O) groups excluding carboxylic acids is 1. The fourth-order valence-electron chi connectivity index (χ4n) is 3.93. The van der Waals surface area contributed by atoms with Gasteiger partial charge in [0.15, 0.2) is 0 Å². The first-order valence-electron chi connectivity index (χ1n) is 10.4. The largest absolute Gasteiger partial charge is 0.393 e. The summed E-state index contributed by atoms with van der Waals surface area (Å²) in [7, 11) is -3.89. The van der Waals surface area contributed by atoms with Crippen molar-refractivity contribution >= 4 is 13.5 Å². The molecule has 2 rings (SSSR count). The van der Waals surface area contributed by atoms with Crippen molar-refractivity contribution in [2.24, 2.45) is 0 Å². The maximum absolute atomic E-state index is 12.4. The number of likely N-dealkylation sites (tertiary alicyclic amines) is 1. The van der Waals surface area contributed by atoms with Crippen molar-refractivity contribution < 1.29 is 24.3 Å². The van der Waals surface area contributed by atoms with Gasteiger partial charge in [0, 0.05) is 25.2 Å². The molecule has 0 bridgehead atoms. The Bertz CT molecular complexity index is 633. The van der Waals surface area contributed by atoms with E-state index in [1.807, 2.05) is 35.2 Å². The number of carbonyl (C=O) groups is 1. The van der Waals surface area contributed by atoms with Crippen molar-refractivity contribution in [3.63, 3.8) is 0 Å². The van der Waals surface area contributed by atoms with Gasteiger partial charge in [-0.05, 0) is 50.5 Å². The van der Waals surface area contributed by atoms with Gasteiger partial charge in [0.2, 0.25) is 5.91 Å². The van der Waals surface area contributed by atoms with E-state index in [2.05, 4.69) is 0 Å². The Morgan fingerprint density at radius 2 is 1.82 bits per heavy atom. The lowest BCUT2D eigenvalue weighted by molar-refractivity contribution is -0.136. The van der Waals surface area contributed by atoms with Crippen LogP contribution in [0.2, 0.25) is 0 Å². The molecule has 1 aliphatic heterocycles. The summed E-state index contributed by atoms with van der Waals surface area (Å²) in [6.07, 6.45) is 7.21. The van der Waals surface area contributed by atoms with Crippen molar-refractivity contribution in [1.82, 2.24) is 4.90 Å². The SMILES string of the molecule is O=C1CCC[C@H](CCC(O)Cc2ccccc2)N1CCCCCCP(=O)(O)O. The van der Waals surface area contributed by atoms with E-state index in [-0.39, 0.29) is 18.1 Å². The van der Waals surface area contributed by atoms with Gasteiger partial charge < -0.3 is 19.8 Å². The molecule has 0 aromatic heterocycles. The van der Waals surface area contributed by atoms with E-state index in [4.69, 9.17) is 9.79 Å². The van der Waals surface area contributed by atoms with Gasteiger partial charge in [-0.15, -0.1) is 0 Å². The number of aliphatic hydroxyl groups excluding tert-OH is 1. The lowest BCUT2D eigenvalue weighted by Gasteiger charge is -2.36. The minimum absolute atomic E-state index is 0.0580. The lowest BCUT2D eigenvalue weighted by atomic mass is 9.94. The highest BCUT2D eigenvalue weighted by atomic mass is 31.2. The second kappa shape index (κ2) is 11.7. The molecule has 1 aliphatic rings. The van der Waals surface area contributed by atoms with Crippen LogP contribution in [-0.2, 0) is 15.8 Å². The fourth-order valence-corrected chi connectivity index (χ4v) is 4.56. The Hall–Kier alpha value is -1.20. The van der Waals surface area contributed by atoms with E-state index in [0.717, 1.165) is 44.1 Å². The summed E-state index contributed by atoms with van der Waals surface area (Å²) in [6.45, 7) is 0.703. The molecule has 0 spiro atoms. The standard InChI is InChI=1S/C21H34NO5P/c23-20(17-18-9-4-3-5-10-18)14-13-19-11-8-12-21(24)22(19)15-6-1-2-7-16-28(25,26)27/h3-5,9-10,19-20,23H,1-2,6-8,11-17H2,(H2,25,26,27)/t19-,20?/m1/s1. The molecule has 1 saturated heterocycles. The monoisotopic (exact) mass is 411 g/mol. The van der Waals surface area contributed by atoms with Crippen LogP contribution in [0, 0.1) is 0 Å². The second-order valence-corrected chi connectivity index (χ2v) is 9.63. The number of piperidine rings is 1. The van der Waals surface area contributed by atoms with E-state index in [1.165, 1.54) is 0 Å². The van der Waals surface area contributed by atoms with E-state index in [9.17, 15) is 14.5 Å². The summed E-state index contributed by atoms with van der Waals surface area (Å²) >= 11 is 0. The van der Waals surface area contributed by atoms with Crippen LogP contribution in [0.15, 0.2) is 30.3 Å². The van der Waals surface area contributed by atoms with E-state index < -0.39 is 13.7 Å². The minimum Gasteiger partial charge on any atom is -0.393 e. The van der Waals surface area contributed by atoms with E-state index in [1.54, 1.807) is 0 Å². The topological polar surface area (TPSA) is 98.1 Å². The Balaban J connectivity index is 1.71. The van der Waals surface area contributed by atoms with Gasteiger partial charge in [-0.25, -0.2) is 0 Å². The Morgan fingerprint density at radius 3 is 2.54 bits per heavy atom. The van der Waals surface area contributed by atoms with Crippen LogP contribution in [0.4, 0.5) is 0 Å². The zero-order valence-corrected chi connectivity index (χ0v) is 17.5. The van der Waals surface area contributed by atoms with Crippen LogP contribution < -0.4 is 0 Å². The molecule has 0 radical (unpaired) electrons. The molecule has 1 amide bonds. The molecule has 0 saturated carbocycles. The predicted molar refractivity (Wildman–Crippen MR) is 110 cm³/mol. The first-order valence-corrected chi connectivity index (χ1v) is 12.2. The summed E-state index contributed by atoms with van der Waals surface area (Å²) in [4.78, 5) is 32.1. The number of benzene rings is 1. The smallest absolute Gasteiger partial charge is 0.325 e. The van der Waals surface area contributed by atoms with Gasteiger partial charge in [0.25, 0.3) is 0 Å². The normalized spacial score (nSPS) is 19.0. The molecule has 2 atom stereocenters. The highest BCUT2D eigenvalue weighted by Gasteiger charge is 2.27. The van der Waals surface area contributed by atoms with Crippen molar-refractivity contribution in [3.05, 3.63) is 35.9 Å². The molecule has 28 heavy (non-hydrogen) atoms. The molecule has 1 aromatic rings. The van der Waals surface area contributed by atoms with E-state index >= 15 is 0 Å². The van der Waals surface area contributed by atoms with Gasteiger partial charge in [-0.1, -0.05) is 43.2 Å². The van der Waals surface area contributed by atoms with Crippen molar-refractivity contribution in [3.8, 4) is 0 Å². The van der Waals surface area contributed by atoms with Crippen molar-refractivity contribution in [1.29, 1.82) is 0 Å². The average molecular weight is 411 g/mol. The molecule has 6 nitrogen and oxygen atoms in total. The highest BCUT2D eigenvalue weighted by molar-refractivity contribution is 7.51. The first kappa shape index (κ1) is 23.1. The first-order chi connectivity index (χ1) is 13.3. The van der Waals surface area contributed by atoms with Gasteiger partial charge >= 0.3 is 7.60 Å². The number of amides is 1. The average Bonchev–Trinajstić information content (AvgIpc) is 2.64. The van der Waals surface area contributed by atoms with E-state index in [0.29, 0.717) is 32.2 Å².